The zero-order chi connectivity index (χ0) is 24.1. The van der Waals surface area contributed by atoms with Crippen molar-refractivity contribution in [2.24, 2.45) is 0 Å². The number of hydrogen-bond donors (Lipinski definition) is 1. The normalized spacial score (nSPS) is 14.5. The van der Waals surface area contributed by atoms with E-state index in [0.717, 1.165) is 11.3 Å². The Hall–Kier alpha value is -4.31. The number of aromatic nitrogens is 1. The number of nitriles is 1. The van der Waals surface area contributed by atoms with Crippen LogP contribution < -0.4 is 14.8 Å². The molecule has 0 saturated carbocycles. The molecule has 1 atom stereocenters. The molecule has 0 radical (unpaired) electrons. The average Bonchev–Trinajstić information content (AvgIpc) is 2.87. The highest BCUT2D eigenvalue weighted by Crippen LogP contribution is 2.48. The number of anilines is 1. The molecule has 0 unspecified atom stereocenters. The number of carbonyl (C=O) groups is 1. The van der Waals surface area contributed by atoms with E-state index in [-0.39, 0.29) is 6.61 Å². The highest BCUT2D eigenvalue weighted by molar-refractivity contribution is 5.95. The van der Waals surface area contributed by atoms with Crippen molar-refractivity contribution in [2.75, 3.05) is 19.0 Å². The SMILES string of the molecule is CCOc1nccc2c1[C@H](c1ccc(C#N)cc1OC)C(C(=O)OCc1ccccc1)=C(C)N2. The molecule has 7 heteroatoms. The molecule has 0 spiro atoms. The van der Waals surface area contributed by atoms with E-state index in [1.165, 1.54) is 0 Å². The molecule has 4 rings (SSSR count). The molecule has 172 valence electrons. The Bertz CT molecular complexity index is 1280. The third-order valence-corrected chi connectivity index (χ3v) is 5.64. The van der Waals surface area contributed by atoms with Gasteiger partial charge >= 0.3 is 5.97 Å². The van der Waals surface area contributed by atoms with E-state index in [9.17, 15) is 10.1 Å². The van der Waals surface area contributed by atoms with Gasteiger partial charge in [-0.3, -0.25) is 0 Å². The van der Waals surface area contributed by atoms with E-state index in [2.05, 4.69) is 16.4 Å². The third kappa shape index (κ3) is 4.44. The average molecular weight is 456 g/mol. The summed E-state index contributed by atoms with van der Waals surface area (Å²) in [6.45, 7) is 4.28. The maximum absolute atomic E-state index is 13.5. The van der Waals surface area contributed by atoms with Crippen molar-refractivity contribution in [1.29, 1.82) is 5.26 Å². The first kappa shape index (κ1) is 22.9. The third-order valence-electron chi connectivity index (χ3n) is 5.64. The Morgan fingerprint density at radius 2 is 1.97 bits per heavy atom. The largest absolute Gasteiger partial charge is 0.496 e. The Morgan fingerprint density at radius 3 is 2.68 bits per heavy atom. The first-order valence-corrected chi connectivity index (χ1v) is 11.0. The van der Waals surface area contributed by atoms with Gasteiger partial charge in [-0.2, -0.15) is 5.26 Å². The number of hydrogen-bond acceptors (Lipinski definition) is 7. The molecule has 0 bridgehead atoms. The predicted octanol–water partition coefficient (Wildman–Crippen LogP) is 4.94. The second kappa shape index (κ2) is 10.1. The van der Waals surface area contributed by atoms with Gasteiger partial charge in [-0.25, -0.2) is 9.78 Å². The van der Waals surface area contributed by atoms with Crippen molar-refractivity contribution in [1.82, 2.24) is 4.98 Å². The van der Waals surface area contributed by atoms with Gasteiger partial charge in [0, 0.05) is 23.1 Å². The maximum Gasteiger partial charge on any atom is 0.337 e. The smallest absolute Gasteiger partial charge is 0.337 e. The van der Waals surface area contributed by atoms with Gasteiger partial charge in [-0.05, 0) is 37.6 Å². The summed E-state index contributed by atoms with van der Waals surface area (Å²) in [5.74, 6) is -0.117. The minimum absolute atomic E-state index is 0.145. The lowest BCUT2D eigenvalue weighted by molar-refractivity contribution is -0.140. The van der Waals surface area contributed by atoms with Crippen molar-refractivity contribution in [2.45, 2.75) is 26.4 Å². The summed E-state index contributed by atoms with van der Waals surface area (Å²) >= 11 is 0. The highest BCUT2D eigenvalue weighted by Gasteiger charge is 2.37. The molecule has 1 aliphatic heterocycles. The van der Waals surface area contributed by atoms with Crippen LogP contribution in [0.25, 0.3) is 0 Å². The summed E-state index contributed by atoms with van der Waals surface area (Å²) in [6, 6.07) is 18.7. The van der Waals surface area contributed by atoms with Crippen LogP contribution in [0.3, 0.4) is 0 Å². The lowest BCUT2D eigenvalue weighted by Crippen LogP contribution is -2.25. The van der Waals surface area contributed by atoms with Crippen molar-refractivity contribution < 1.29 is 19.0 Å². The van der Waals surface area contributed by atoms with Crippen molar-refractivity contribution in [3.63, 3.8) is 0 Å². The van der Waals surface area contributed by atoms with Crippen LogP contribution >= 0.6 is 0 Å². The van der Waals surface area contributed by atoms with Gasteiger partial charge in [0.05, 0.1) is 42.4 Å². The van der Waals surface area contributed by atoms with Crippen LogP contribution in [0.15, 0.2) is 72.1 Å². The summed E-state index contributed by atoms with van der Waals surface area (Å²) in [6.07, 6.45) is 1.66. The quantitative estimate of drug-likeness (QED) is 0.505. The minimum atomic E-state index is -0.572. The molecule has 0 amide bonds. The van der Waals surface area contributed by atoms with Gasteiger partial charge in [-0.15, -0.1) is 0 Å². The number of nitrogens with zero attached hydrogens (tertiary/aromatic N) is 2. The van der Waals surface area contributed by atoms with Gasteiger partial charge in [-0.1, -0.05) is 36.4 Å². The van der Waals surface area contributed by atoms with Crippen molar-refractivity contribution in [3.8, 4) is 17.7 Å². The molecule has 1 N–H and O–H groups in total. The first-order valence-electron chi connectivity index (χ1n) is 11.0. The maximum atomic E-state index is 13.5. The molecule has 34 heavy (non-hydrogen) atoms. The predicted molar refractivity (Wildman–Crippen MR) is 128 cm³/mol. The van der Waals surface area contributed by atoms with Crippen LogP contribution in [0, 0.1) is 11.3 Å². The van der Waals surface area contributed by atoms with Crippen molar-refractivity contribution >= 4 is 11.7 Å². The molecular formula is C27H25N3O4. The number of carbonyl (C=O) groups excluding carboxylic acids is 1. The Kier molecular flexibility index (Phi) is 6.79. The number of esters is 1. The van der Waals surface area contributed by atoms with Gasteiger partial charge < -0.3 is 19.5 Å². The van der Waals surface area contributed by atoms with Crippen LogP contribution in [0.2, 0.25) is 0 Å². The van der Waals surface area contributed by atoms with Gasteiger partial charge in [0.25, 0.3) is 0 Å². The highest BCUT2D eigenvalue weighted by atomic mass is 16.5. The fourth-order valence-corrected chi connectivity index (χ4v) is 4.13. The fourth-order valence-electron chi connectivity index (χ4n) is 4.13. The number of nitrogens with one attached hydrogen (secondary N) is 1. The lowest BCUT2D eigenvalue weighted by Gasteiger charge is -2.31. The van der Waals surface area contributed by atoms with E-state index in [4.69, 9.17) is 14.2 Å². The topological polar surface area (TPSA) is 93.5 Å². The van der Waals surface area contributed by atoms with Crippen LogP contribution in [-0.4, -0.2) is 24.7 Å². The van der Waals surface area contributed by atoms with Crippen LogP contribution in [0.5, 0.6) is 11.6 Å². The molecule has 2 aromatic carbocycles. The fraction of sp³-hybridized carbons (Fsp3) is 0.222. The number of fused-ring (bicyclic) bond motifs is 1. The summed E-state index contributed by atoms with van der Waals surface area (Å²) in [4.78, 5) is 17.9. The Morgan fingerprint density at radius 1 is 1.18 bits per heavy atom. The summed E-state index contributed by atoms with van der Waals surface area (Å²) in [5, 5.41) is 12.7. The summed E-state index contributed by atoms with van der Waals surface area (Å²) in [5.41, 5.74) is 4.65. The molecule has 1 aromatic heterocycles. The monoisotopic (exact) mass is 455 g/mol. The van der Waals surface area contributed by atoms with Gasteiger partial charge in [0.15, 0.2) is 0 Å². The van der Waals surface area contributed by atoms with E-state index in [1.807, 2.05) is 50.2 Å². The Balaban J connectivity index is 1.84. The number of benzene rings is 2. The van der Waals surface area contributed by atoms with Gasteiger partial charge in [0.1, 0.15) is 12.4 Å². The molecule has 0 fully saturated rings. The Labute approximate surface area is 198 Å². The standard InChI is InChI=1S/C27H25N3O4/c1-4-33-26-25-21(12-13-29-26)30-17(2)23(27(31)34-16-18-8-6-5-7-9-18)24(25)20-11-10-19(15-28)14-22(20)32-3/h5-14,24,30H,4,16H2,1-3H3/t24-/m1/s1. The molecule has 0 saturated heterocycles. The van der Waals surface area contributed by atoms with Crippen molar-refractivity contribution in [3.05, 3.63) is 94.3 Å². The summed E-state index contributed by atoms with van der Waals surface area (Å²) in [7, 11) is 1.54. The first-order chi connectivity index (χ1) is 16.6. The van der Waals surface area contributed by atoms with E-state index >= 15 is 0 Å². The number of allylic oxidation sites excluding steroid dienone is 1. The van der Waals surface area contributed by atoms with Gasteiger partial charge in [0.2, 0.25) is 5.88 Å². The lowest BCUT2D eigenvalue weighted by atomic mass is 9.80. The van der Waals surface area contributed by atoms with E-state index in [1.54, 1.807) is 31.5 Å². The second-order valence-corrected chi connectivity index (χ2v) is 7.74. The second-order valence-electron chi connectivity index (χ2n) is 7.74. The number of pyridine rings is 1. The number of methoxy groups -OCH3 is 1. The zero-order valence-corrected chi connectivity index (χ0v) is 19.3. The van der Waals surface area contributed by atoms with Crippen LogP contribution in [0.1, 0.15) is 42.0 Å². The summed E-state index contributed by atoms with van der Waals surface area (Å²) < 4.78 is 17.2. The molecule has 1 aliphatic rings. The molecule has 3 aromatic rings. The molecule has 7 nitrogen and oxygen atoms in total. The van der Waals surface area contributed by atoms with E-state index in [0.29, 0.717) is 46.2 Å². The molecule has 0 aliphatic carbocycles. The van der Waals surface area contributed by atoms with Crippen LogP contribution in [-0.2, 0) is 16.1 Å². The molecule has 2 heterocycles. The zero-order valence-electron chi connectivity index (χ0n) is 19.3. The molecular weight excluding hydrogens is 430 g/mol. The number of rotatable bonds is 7. The van der Waals surface area contributed by atoms with Crippen LogP contribution in [0.4, 0.5) is 5.69 Å². The minimum Gasteiger partial charge on any atom is -0.496 e. The number of ether oxygens (including phenoxy) is 3. The van der Waals surface area contributed by atoms with E-state index < -0.39 is 11.9 Å².